The van der Waals surface area contributed by atoms with Gasteiger partial charge in [-0.05, 0) is 55.4 Å². The Morgan fingerprint density at radius 3 is 0.622 bits per heavy atom. The average molecular weight is 833 g/mol. The van der Waals surface area contributed by atoms with E-state index in [1.807, 2.05) is 75.0 Å². The molecule has 0 amide bonds. The van der Waals surface area contributed by atoms with Crippen LogP contribution in [0.4, 0.5) is 0 Å². The first kappa shape index (κ1) is 48.1. The number of nitrogens with zero attached hydrogens (tertiary/aromatic N) is 4. The molecule has 37 heavy (non-hydrogen) atoms. The molecule has 0 aromatic heterocycles. The fourth-order valence-electron chi connectivity index (χ4n) is 1.94. The summed E-state index contributed by atoms with van der Waals surface area (Å²) in [5, 5.41) is 0. The molecule has 0 aliphatic rings. The summed E-state index contributed by atoms with van der Waals surface area (Å²) in [5.41, 5.74) is 0. The Morgan fingerprint density at radius 2 is 0.622 bits per heavy atom. The summed E-state index contributed by atoms with van der Waals surface area (Å²) in [6, 6.07) is 0. The van der Waals surface area contributed by atoms with E-state index in [1.165, 1.54) is 0 Å². The van der Waals surface area contributed by atoms with Gasteiger partial charge < -0.3 is 119 Å². The van der Waals surface area contributed by atoms with Crippen molar-refractivity contribution in [1.29, 1.82) is 0 Å². The summed E-state index contributed by atoms with van der Waals surface area (Å²) in [7, 11) is 0. The summed E-state index contributed by atoms with van der Waals surface area (Å²) >= 11 is 35.0. The van der Waals surface area contributed by atoms with E-state index in [1.54, 1.807) is 0 Å². The summed E-state index contributed by atoms with van der Waals surface area (Å²) < 4.78 is 24.8. The van der Waals surface area contributed by atoms with Gasteiger partial charge in [0.05, 0.1) is 0 Å². The van der Waals surface area contributed by atoms with Crippen molar-refractivity contribution in [2.24, 2.45) is 0 Å². The standard InChI is InChI=1S/4C5H11NS2.2Mo.3O/c4*1-3-6(4-2)5(7)8;;;;;/h4*3-4H2,1-2H3,(H,7,8);;;;;/p-4. The normalized spacial score (nSPS) is 8.43. The Labute approximate surface area is 287 Å². The van der Waals surface area contributed by atoms with Gasteiger partial charge >= 0.3 is 46.7 Å². The predicted molar refractivity (Wildman–Crippen MR) is 174 cm³/mol. The second-order valence-electron chi connectivity index (χ2n) is 5.96. The third-order valence-corrected chi connectivity index (χ3v) is 8.10. The van der Waals surface area contributed by atoms with Crippen LogP contribution in [0.1, 0.15) is 55.4 Å². The minimum atomic E-state index is -1.53. The molecule has 0 unspecified atom stereocenters. The fraction of sp³-hybridized carbons (Fsp3) is 0.800. The van der Waals surface area contributed by atoms with Crippen LogP contribution in [0, 0.1) is 0 Å². The van der Waals surface area contributed by atoms with Crippen molar-refractivity contribution in [3.8, 4) is 0 Å². The van der Waals surface area contributed by atoms with Crippen molar-refractivity contribution in [1.82, 2.24) is 19.6 Å². The van der Waals surface area contributed by atoms with Crippen LogP contribution in [0.2, 0.25) is 0 Å². The van der Waals surface area contributed by atoms with Crippen molar-refractivity contribution in [2.75, 3.05) is 52.4 Å². The van der Waals surface area contributed by atoms with Crippen LogP contribution in [-0.2, 0) is 97.2 Å². The maximum absolute atomic E-state index is 9.27. The topological polar surface area (TPSA) is 56.3 Å². The molecule has 0 aromatic carbocycles. The number of rotatable bonds is 10. The van der Waals surface area contributed by atoms with Crippen LogP contribution in [0.3, 0.4) is 0 Å². The summed E-state index contributed by atoms with van der Waals surface area (Å²) in [4.78, 5) is 7.85. The van der Waals surface area contributed by atoms with Crippen LogP contribution >= 0.6 is 48.9 Å². The van der Waals surface area contributed by atoms with E-state index in [-0.39, 0.29) is 0 Å². The molecule has 0 aromatic rings. The molecule has 0 aliphatic carbocycles. The van der Waals surface area contributed by atoms with Gasteiger partial charge in [0.2, 0.25) is 0 Å². The van der Waals surface area contributed by atoms with E-state index in [9.17, 15) is 6.80 Å². The minimum absolute atomic E-state index is 0.579. The first-order valence-corrected chi connectivity index (χ1v) is 17.9. The number of hydrogen-bond donors (Lipinski definition) is 0. The van der Waals surface area contributed by atoms with Crippen molar-refractivity contribution < 1.29 is 46.7 Å². The third-order valence-electron chi connectivity index (χ3n) is 4.14. The maximum atomic E-state index is 9.27. The Hall–Kier alpha value is 1.38. The van der Waals surface area contributed by atoms with E-state index in [0.29, 0.717) is 17.3 Å². The number of thiocarbonyl (C=S) groups is 4. The van der Waals surface area contributed by atoms with E-state index in [2.05, 4.69) is 2.04 Å². The van der Waals surface area contributed by atoms with Gasteiger partial charge in [0.25, 0.3) is 0 Å². The Balaban J connectivity index is -0.000000116. The fourth-order valence-corrected chi connectivity index (χ4v) is 4.39. The van der Waals surface area contributed by atoms with E-state index in [4.69, 9.17) is 99.4 Å². The van der Waals surface area contributed by atoms with Gasteiger partial charge in [-0.2, -0.15) is 0 Å². The van der Waals surface area contributed by atoms with Crippen molar-refractivity contribution in [3.63, 3.8) is 0 Å². The zero-order chi connectivity index (χ0) is 30.4. The van der Waals surface area contributed by atoms with Gasteiger partial charge in [0.1, 0.15) is 0 Å². The zero-order valence-corrected chi connectivity index (χ0v) is 33.3. The van der Waals surface area contributed by atoms with Crippen molar-refractivity contribution in [2.45, 2.75) is 55.4 Å². The summed E-state index contributed by atoms with van der Waals surface area (Å²) in [6.45, 7) is 23.8. The van der Waals surface area contributed by atoms with E-state index >= 15 is 0 Å². The van der Waals surface area contributed by atoms with Crippen LogP contribution in [-0.4, -0.2) is 89.2 Å². The first-order valence-electron chi connectivity index (χ1n) is 11.4. The molecule has 0 saturated carbocycles. The monoisotopic (exact) mass is 836 g/mol. The molecule has 0 rings (SSSR count). The zero-order valence-electron chi connectivity index (χ0n) is 22.8. The molecule has 0 saturated heterocycles. The summed E-state index contributed by atoms with van der Waals surface area (Å²) in [6.07, 6.45) is 0. The van der Waals surface area contributed by atoms with Crippen LogP contribution in [0.15, 0.2) is 0 Å². The molecule has 7 nitrogen and oxygen atoms in total. The molecule has 0 spiro atoms. The molecular formula is C20H40Mo2N4O3S8-4. The molecule has 17 heteroatoms. The molecule has 222 valence electrons. The third kappa shape index (κ3) is 37.4. The Bertz CT molecular complexity index is 516. The van der Waals surface area contributed by atoms with Gasteiger partial charge in [0, 0.05) is 52.4 Å². The molecule has 0 N–H and O–H groups in total. The van der Waals surface area contributed by atoms with Crippen LogP contribution < -0.4 is 0 Å². The molecule has 0 radical (unpaired) electrons. The Morgan fingerprint density at radius 1 is 0.486 bits per heavy atom. The summed E-state index contributed by atoms with van der Waals surface area (Å²) in [5.74, 6) is 0. The van der Waals surface area contributed by atoms with E-state index < -0.39 is 37.8 Å². The van der Waals surface area contributed by atoms with Crippen molar-refractivity contribution >= 4 is 117 Å². The Kier molecular flexibility index (Phi) is 48.6. The molecule has 0 fully saturated rings. The second-order valence-corrected chi connectivity index (χ2v) is 13.1. The molecule has 0 heterocycles. The van der Waals surface area contributed by atoms with Crippen molar-refractivity contribution in [3.05, 3.63) is 0 Å². The number of hydrogen-bond acceptors (Lipinski definition) is 11. The van der Waals surface area contributed by atoms with Crippen LogP contribution in [0.25, 0.3) is 0 Å². The quantitative estimate of drug-likeness (QED) is 0.178. The van der Waals surface area contributed by atoms with Gasteiger partial charge in [-0.25, -0.2) is 0 Å². The molecule has 0 aliphatic heterocycles. The van der Waals surface area contributed by atoms with Gasteiger partial charge in [-0.3, -0.25) is 0 Å². The van der Waals surface area contributed by atoms with E-state index in [0.717, 1.165) is 52.4 Å². The molecule has 0 bridgehead atoms. The van der Waals surface area contributed by atoms with Crippen LogP contribution in [0.5, 0.6) is 0 Å². The predicted octanol–water partition coefficient (Wildman–Crippen LogP) is 4.33. The second kappa shape index (κ2) is 37.4. The molecule has 0 atom stereocenters. The van der Waals surface area contributed by atoms with Gasteiger partial charge in [-0.1, -0.05) is 17.3 Å². The molecular weight excluding hydrogens is 793 g/mol. The average Bonchev–Trinajstić information content (AvgIpc) is 2.83. The first-order chi connectivity index (χ1) is 17.3. The van der Waals surface area contributed by atoms with Gasteiger partial charge in [-0.15, -0.1) is 0 Å². The SMILES string of the molecule is CCN(CC)C(=S)[S-].CCN(CC)C(=S)[S-].CCN(CC)C(=S)[S-].CCN(CC)C(=S)[S-].[O]=[Mo][O][Mo]=[O]. The van der Waals surface area contributed by atoms with Gasteiger partial charge in [0.15, 0.2) is 0 Å².